The molecule has 0 aliphatic heterocycles. The molecule has 2 aliphatic carbocycles. The van der Waals surface area contributed by atoms with E-state index in [2.05, 4.69) is 10.6 Å². The molecule has 8 nitrogen and oxygen atoms in total. The maximum absolute atomic E-state index is 11.1. The number of carboxylic acid groups (broad SMARTS) is 2. The van der Waals surface area contributed by atoms with Crippen LogP contribution in [0, 0.1) is 0 Å². The summed E-state index contributed by atoms with van der Waals surface area (Å²) in [5.41, 5.74) is 0.924. The predicted molar refractivity (Wildman–Crippen MR) is 94.0 cm³/mol. The van der Waals surface area contributed by atoms with Crippen LogP contribution in [0.3, 0.4) is 0 Å². The van der Waals surface area contributed by atoms with E-state index in [1.807, 2.05) is 0 Å². The Morgan fingerprint density at radius 2 is 1.07 bits per heavy atom. The number of rotatable bonds is 6. The zero-order valence-electron chi connectivity index (χ0n) is 14.0. The average Bonchev–Trinajstić information content (AvgIpc) is 2.58. The minimum Gasteiger partial charge on any atom is -0.480 e. The van der Waals surface area contributed by atoms with E-state index < -0.39 is 11.9 Å². The number of carbonyl (C=O) groups excluding carboxylic acids is 2. The van der Waals surface area contributed by atoms with Gasteiger partial charge in [-0.15, -0.1) is 0 Å². The van der Waals surface area contributed by atoms with Crippen LogP contribution in [0.4, 0.5) is 0 Å². The maximum Gasteiger partial charge on any atom is 0.322 e. The standard InChI is InChI=1S/2C9H9NO3.Co/c2*11-8-4-2-1-3-7(8)5-10-6-9(12)13;/h2*1-5,10H,6H2,(H,12,13);/b2*7-5-;. The third-order valence-corrected chi connectivity index (χ3v) is 2.86. The van der Waals surface area contributed by atoms with Crippen molar-refractivity contribution in [3.8, 4) is 0 Å². The van der Waals surface area contributed by atoms with Gasteiger partial charge in [0.2, 0.25) is 0 Å². The molecule has 2 aliphatic rings. The van der Waals surface area contributed by atoms with Crippen LogP contribution in [-0.2, 0) is 36.0 Å². The Morgan fingerprint density at radius 3 is 1.37 bits per heavy atom. The molecule has 0 aromatic rings. The zero-order valence-corrected chi connectivity index (χ0v) is 15.1. The van der Waals surface area contributed by atoms with Crippen LogP contribution in [0.25, 0.3) is 0 Å². The van der Waals surface area contributed by atoms with Crippen LogP contribution >= 0.6 is 0 Å². The molecule has 0 fully saturated rings. The molecule has 0 aromatic heterocycles. The predicted octanol–water partition coefficient (Wildman–Crippen LogP) is 0.477. The summed E-state index contributed by atoms with van der Waals surface area (Å²) in [6.07, 6.45) is 15.6. The second kappa shape index (κ2) is 13.1. The fourth-order valence-electron chi connectivity index (χ4n) is 1.70. The summed E-state index contributed by atoms with van der Waals surface area (Å²) in [6, 6.07) is 0. The Labute approximate surface area is 165 Å². The summed E-state index contributed by atoms with van der Waals surface area (Å²) in [5.74, 6) is -2.17. The van der Waals surface area contributed by atoms with Gasteiger partial charge in [-0.2, -0.15) is 0 Å². The number of carboxylic acids is 2. The summed E-state index contributed by atoms with van der Waals surface area (Å²) in [4.78, 5) is 42.4. The Morgan fingerprint density at radius 1 is 0.741 bits per heavy atom. The van der Waals surface area contributed by atoms with Crippen LogP contribution in [0.1, 0.15) is 0 Å². The SMILES string of the molecule is O=C(O)CN/C=C1/C=CC=CC1=O.O=C(O)CN/C=C1/C=CC=CC1=O.[Co]. The van der Waals surface area contributed by atoms with Crippen molar-refractivity contribution >= 4 is 23.5 Å². The van der Waals surface area contributed by atoms with Gasteiger partial charge in [-0.3, -0.25) is 19.2 Å². The molecule has 9 heteroatoms. The van der Waals surface area contributed by atoms with Crippen molar-refractivity contribution in [1.82, 2.24) is 10.6 Å². The van der Waals surface area contributed by atoms with E-state index in [0.29, 0.717) is 11.1 Å². The molecule has 4 N–H and O–H groups in total. The van der Waals surface area contributed by atoms with Gasteiger partial charge in [0.05, 0.1) is 0 Å². The van der Waals surface area contributed by atoms with Crippen molar-refractivity contribution in [3.63, 3.8) is 0 Å². The van der Waals surface area contributed by atoms with Crippen LogP contribution in [0.15, 0.2) is 72.2 Å². The molecule has 145 valence electrons. The van der Waals surface area contributed by atoms with Crippen LogP contribution in [0.5, 0.6) is 0 Å². The van der Waals surface area contributed by atoms with Crippen molar-refractivity contribution < 1.29 is 46.2 Å². The third-order valence-electron chi connectivity index (χ3n) is 2.86. The summed E-state index contributed by atoms with van der Waals surface area (Å²) >= 11 is 0. The number of allylic oxidation sites excluding steroid dienone is 10. The number of ketones is 2. The molecular formula is C18H18CoN2O6. The topological polar surface area (TPSA) is 133 Å². The average molecular weight is 417 g/mol. The van der Waals surface area contributed by atoms with E-state index in [0.717, 1.165) is 0 Å². The first-order valence-electron chi connectivity index (χ1n) is 7.49. The Kier molecular flexibility index (Phi) is 11.5. The Bertz CT molecular complexity index is 696. The molecule has 0 bridgehead atoms. The van der Waals surface area contributed by atoms with E-state index in [1.165, 1.54) is 24.6 Å². The second-order valence-corrected chi connectivity index (χ2v) is 4.91. The Hall–Kier alpha value is -3.17. The largest absolute Gasteiger partial charge is 0.480 e. The number of nitrogens with one attached hydrogen (secondary N) is 2. The quantitative estimate of drug-likeness (QED) is 0.459. The smallest absolute Gasteiger partial charge is 0.322 e. The number of hydrogen-bond donors (Lipinski definition) is 4. The minimum atomic E-state index is -0.959. The van der Waals surface area contributed by atoms with E-state index in [9.17, 15) is 19.2 Å². The number of carbonyl (C=O) groups is 4. The Balaban J connectivity index is 0.000000483. The zero-order chi connectivity index (χ0) is 19.4. The molecule has 0 unspecified atom stereocenters. The molecule has 0 saturated carbocycles. The van der Waals surface area contributed by atoms with Crippen molar-refractivity contribution in [1.29, 1.82) is 0 Å². The van der Waals surface area contributed by atoms with E-state index >= 15 is 0 Å². The van der Waals surface area contributed by atoms with Gasteiger partial charge in [-0.05, 0) is 24.3 Å². The van der Waals surface area contributed by atoms with Gasteiger partial charge in [-0.25, -0.2) is 0 Å². The fraction of sp³-hybridized carbons (Fsp3) is 0.111. The number of aliphatic carboxylic acids is 2. The molecule has 1 radical (unpaired) electrons. The van der Waals surface area contributed by atoms with Crippen LogP contribution < -0.4 is 10.6 Å². The van der Waals surface area contributed by atoms with Crippen LogP contribution in [0.2, 0.25) is 0 Å². The first-order chi connectivity index (χ1) is 12.4. The number of hydrogen-bond acceptors (Lipinski definition) is 6. The molecule has 27 heavy (non-hydrogen) atoms. The molecule has 0 amide bonds. The first-order valence-corrected chi connectivity index (χ1v) is 7.49. The molecule has 0 atom stereocenters. The third kappa shape index (κ3) is 10.4. The van der Waals surface area contributed by atoms with Crippen molar-refractivity contribution in [2.24, 2.45) is 0 Å². The van der Waals surface area contributed by atoms with Crippen LogP contribution in [-0.4, -0.2) is 46.8 Å². The maximum atomic E-state index is 11.1. The van der Waals surface area contributed by atoms with E-state index in [-0.39, 0.29) is 41.4 Å². The van der Waals surface area contributed by atoms with Crippen molar-refractivity contribution in [2.45, 2.75) is 0 Å². The van der Waals surface area contributed by atoms with E-state index in [4.69, 9.17) is 10.2 Å². The van der Waals surface area contributed by atoms with E-state index in [1.54, 1.807) is 36.5 Å². The van der Waals surface area contributed by atoms with Gasteiger partial charge in [0, 0.05) is 40.3 Å². The van der Waals surface area contributed by atoms with Gasteiger partial charge >= 0.3 is 11.9 Å². The van der Waals surface area contributed by atoms with Gasteiger partial charge in [-0.1, -0.05) is 24.3 Å². The van der Waals surface area contributed by atoms with Crippen molar-refractivity contribution in [3.05, 3.63) is 72.2 Å². The van der Waals surface area contributed by atoms with Gasteiger partial charge in [0.1, 0.15) is 13.1 Å². The fourth-order valence-corrected chi connectivity index (χ4v) is 1.70. The van der Waals surface area contributed by atoms with Gasteiger partial charge in [0.15, 0.2) is 11.6 Å². The van der Waals surface area contributed by atoms with Crippen molar-refractivity contribution in [2.75, 3.05) is 13.1 Å². The minimum absolute atomic E-state index is 0. The summed E-state index contributed by atoms with van der Waals surface area (Å²) < 4.78 is 0. The molecule has 0 spiro atoms. The summed E-state index contributed by atoms with van der Waals surface area (Å²) in [7, 11) is 0. The molecular weight excluding hydrogens is 399 g/mol. The first kappa shape index (κ1) is 23.8. The summed E-state index contributed by atoms with van der Waals surface area (Å²) in [5, 5.41) is 21.6. The molecule has 0 aromatic carbocycles. The second-order valence-electron chi connectivity index (χ2n) is 4.91. The van der Waals surface area contributed by atoms with Gasteiger partial charge < -0.3 is 20.8 Å². The molecule has 0 heterocycles. The summed E-state index contributed by atoms with van der Waals surface area (Å²) in [6.45, 7) is -0.372. The monoisotopic (exact) mass is 417 g/mol. The normalized spacial score (nSPS) is 17.2. The van der Waals surface area contributed by atoms with Gasteiger partial charge in [0.25, 0.3) is 0 Å². The molecule has 0 saturated heterocycles. The molecule has 2 rings (SSSR count).